The molecule has 0 saturated carbocycles. The van der Waals surface area contributed by atoms with Gasteiger partial charge in [0.1, 0.15) is 30.8 Å². The topological polar surface area (TPSA) is 116 Å². The second-order valence-corrected chi connectivity index (χ2v) is 16.7. The third kappa shape index (κ3) is 9.08. The number of pyridine rings is 1. The average Bonchev–Trinajstić information content (AvgIpc) is 3.62. The number of nitrogens with zero attached hydrogens (tertiary/aromatic N) is 3. The van der Waals surface area contributed by atoms with Crippen molar-refractivity contribution in [3.8, 4) is 28.4 Å². The molecular weight excluding hydrogens is 823 g/mol. The van der Waals surface area contributed by atoms with Gasteiger partial charge in [0.2, 0.25) is 5.91 Å². The maximum Gasteiger partial charge on any atom is 0.277 e. The molecule has 0 fully saturated rings. The predicted molar refractivity (Wildman–Crippen MR) is 240 cm³/mol. The molecule has 62 heavy (non-hydrogen) atoms. The fourth-order valence-corrected chi connectivity index (χ4v) is 8.37. The van der Waals surface area contributed by atoms with Crippen LogP contribution in [0.4, 0.5) is 0 Å². The number of fused-ring (bicyclic) bond motifs is 2. The molecule has 12 heteroatoms. The summed E-state index contributed by atoms with van der Waals surface area (Å²) in [5, 5.41) is 4.25. The summed E-state index contributed by atoms with van der Waals surface area (Å²) >= 11 is 12.3. The van der Waals surface area contributed by atoms with Crippen molar-refractivity contribution in [3.05, 3.63) is 170 Å². The minimum absolute atomic E-state index is 0.145. The van der Waals surface area contributed by atoms with Crippen LogP contribution in [0.15, 0.2) is 108 Å². The van der Waals surface area contributed by atoms with Crippen LogP contribution in [0.2, 0.25) is 10.0 Å². The summed E-state index contributed by atoms with van der Waals surface area (Å²) in [7, 11) is 0. The molecule has 6 aromatic rings. The molecule has 2 aliphatic rings. The van der Waals surface area contributed by atoms with Gasteiger partial charge in [-0.05, 0) is 121 Å². The van der Waals surface area contributed by atoms with Gasteiger partial charge in [0.25, 0.3) is 5.91 Å². The third-order valence-corrected chi connectivity index (χ3v) is 12.5. The van der Waals surface area contributed by atoms with E-state index >= 15 is 0 Å². The van der Waals surface area contributed by atoms with Crippen molar-refractivity contribution < 1.29 is 28.2 Å². The van der Waals surface area contributed by atoms with Gasteiger partial charge < -0.3 is 28.8 Å². The van der Waals surface area contributed by atoms with E-state index in [4.69, 9.17) is 41.8 Å². The van der Waals surface area contributed by atoms with Crippen molar-refractivity contribution in [2.75, 3.05) is 6.61 Å². The first-order valence-corrected chi connectivity index (χ1v) is 21.5. The number of nitrogens with one attached hydrogen (secondary N) is 1. The van der Waals surface area contributed by atoms with Crippen LogP contribution >= 0.6 is 23.2 Å². The van der Waals surface area contributed by atoms with Crippen molar-refractivity contribution in [3.63, 3.8) is 0 Å². The van der Waals surface area contributed by atoms with Crippen LogP contribution in [0.25, 0.3) is 11.1 Å². The molecule has 0 spiro atoms. The van der Waals surface area contributed by atoms with E-state index < -0.39 is 18.1 Å². The highest BCUT2D eigenvalue weighted by Crippen LogP contribution is 2.41. The molecule has 0 bridgehead atoms. The van der Waals surface area contributed by atoms with Crippen LogP contribution in [0, 0.1) is 27.7 Å². The molecule has 0 saturated heterocycles. The van der Waals surface area contributed by atoms with Gasteiger partial charge in [-0.15, -0.1) is 0 Å². The Morgan fingerprint density at radius 1 is 0.935 bits per heavy atom. The van der Waals surface area contributed by atoms with Gasteiger partial charge in [0, 0.05) is 31.8 Å². The molecule has 1 N–H and O–H groups in total. The lowest BCUT2D eigenvalue weighted by atomic mass is 9.91. The number of benzene rings is 4. The van der Waals surface area contributed by atoms with Crippen LogP contribution in [0.5, 0.6) is 17.2 Å². The highest BCUT2D eigenvalue weighted by Gasteiger charge is 2.39. The number of halogens is 2. The number of rotatable bonds is 12. The molecule has 3 unspecified atom stereocenters. The van der Waals surface area contributed by atoms with E-state index in [9.17, 15) is 9.59 Å². The molecule has 0 aliphatic carbocycles. The predicted octanol–water partition coefficient (Wildman–Crippen LogP) is 10.6. The second-order valence-electron chi connectivity index (χ2n) is 15.9. The molecule has 2 aliphatic heterocycles. The highest BCUT2D eigenvalue weighted by atomic mass is 35.5. The van der Waals surface area contributed by atoms with E-state index in [1.165, 1.54) is 0 Å². The van der Waals surface area contributed by atoms with Crippen LogP contribution < -0.4 is 19.5 Å². The first kappa shape index (κ1) is 42.6. The largest absolute Gasteiger partial charge is 0.489 e. The summed E-state index contributed by atoms with van der Waals surface area (Å²) in [6.45, 7) is 14.6. The number of amides is 2. The zero-order chi connectivity index (χ0) is 43.7. The summed E-state index contributed by atoms with van der Waals surface area (Å²) in [6.07, 6.45) is 2.88. The Bertz CT molecular complexity index is 2680. The summed E-state index contributed by atoms with van der Waals surface area (Å²) in [5.41, 5.74) is 10.00. The maximum atomic E-state index is 14.6. The molecule has 4 heterocycles. The van der Waals surface area contributed by atoms with E-state index in [-0.39, 0.29) is 37.2 Å². The third-order valence-electron chi connectivity index (χ3n) is 11.8. The van der Waals surface area contributed by atoms with Gasteiger partial charge in [-0.3, -0.25) is 14.6 Å². The molecule has 0 radical (unpaired) electrons. The Morgan fingerprint density at radius 2 is 1.71 bits per heavy atom. The van der Waals surface area contributed by atoms with E-state index in [0.717, 1.165) is 55.8 Å². The number of carbonyl (C=O) groups is 2. The van der Waals surface area contributed by atoms with E-state index in [1.807, 2.05) is 68.6 Å². The highest BCUT2D eigenvalue weighted by molar-refractivity contribution is 6.42. The molecular formula is C50H48Cl2N4O6. The SMILES string of the molecule is C=C(CC)C(Cc1ccc(-c2ccnc(C)c2C)cc1)NC(=O)C1Cc2cc3c(cc2CN1C(=O)c1nc(C)oc1C)OC(c1cccc(OCc2ccc(Cl)c(Cl)c2)c1)CO3. The number of ether oxygens (including phenoxy) is 3. The number of aromatic nitrogens is 2. The van der Waals surface area contributed by atoms with E-state index in [2.05, 4.69) is 53.1 Å². The molecule has 318 valence electrons. The van der Waals surface area contributed by atoms with Gasteiger partial charge in [-0.2, -0.15) is 0 Å². The lowest BCUT2D eigenvalue weighted by Gasteiger charge is -2.38. The summed E-state index contributed by atoms with van der Waals surface area (Å²) in [5.74, 6) is 1.88. The van der Waals surface area contributed by atoms with Crippen LogP contribution in [-0.2, 0) is 30.8 Å². The smallest absolute Gasteiger partial charge is 0.277 e. The summed E-state index contributed by atoms with van der Waals surface area (Å²) in [4.78, 5) is 39.4. The number of hydrogen-bond acceptors (Lipinski definition) is 8. The maximum absolute atomic E-state index is 14.6. The Balaban J connectivity index is 1.02. The van der Waals surface area contributed by atoms with Gasteiger partial charge in [0.05, 0.1) is 16.1 Å². The number of hydrogen-bond donors (Lipinski definition) is 1. The Hall–Kier alpha value is -6.10. The fourth-order valence-electron chi connectivity index (χ4n) is 8.05. The zero-order valence-electron chi connectivity index (χ0n) is 35.4. The monoisotopic (exact) mass is 870 g/mol. The minimum Gasteiger partial charge on any atom is -0.489 e. The van der Waals surface area contributed by atoms with E-state index in [1.54, 1.807) is 30.9 Å². The Morgan fingerprint density at radius 3 is 2.45 bits per heavy atom. The van der Waals surface area contributed by atoms with Gasteiger partial charge in [0.15, 0.2) is 29.2 Å². The second kappa shape index (κ2) is 18.1. The van der Waals surface area contributed by atoms with Gasteiger partial charge in [-0.1, -0.05) is 84.7 Å². The van der Waals surface area contributed by atoms with Crippen molar-refractivity contribution in [2.45, 2.75) is 85.2 Å². The molecule has 2 aromatic heterocycles. The fraction of sp³-hybridized carbons (Fsp3) is 0.280. The first-order chi connectivity index (χ1) is 29.8. The molecule has 10 nitrogen and oxygen atoms in total. The Labute approximate surface area is 371 Å². The Kier molecular flexibility index (Phi) is 12.4. The van der Waals surface area contributed by atoms with Gasteiger partial charge >= 0.3 is 0 Å². The summed E-state index contributed by atoms with van der Waals surface area (Å²) < 4.78 is 24.6. The standard InChI is InChI=1S/C50H48Cl2N4O6/c1-7-28(2)43(20-33-11-14-35(15-12-33)40-17-18-53-30(4)29(40)3)55-49(57)44-22-37-23-45-46(24-38(37)25-56(44)50(58)48-31(5)61-32(6)54-48)62-47(27-60-45)36-9-8-10-39(21-36)59-26-34-13-16-41(51)42(52)19-34/h8-19,21,23-24,43-44,47H,2,7,20,22,25-27H2,1,3-6H3,(H,55,57). The molecule has 3 atom stereocenters. The molecule has 2 amide bonds. The number of aryl methyl sites for hydroxylation is 3. The van der Waals surface area contributed by atoms with Crippen molar-refractivity contribution >= 4 is 35.0 Å². The van der Waals surface area contributed by atoms with Crippen LogP contribution in [0.1, 0.15) is 80.7 Å². The minimum atomic E-state index is -0.846. The lowest BCUT2D eigenvalue weighted by Crippen LogP contribution is -2.55. The summed E-state index contributed by atoms with van der Waals surface area (Å²) in [6, 6.07) is 26.2. The average molecular weight is 872 g/mol. The quantitative estimate of drug-likeness (QED) is 0.121. The van der Waals surface area contributed by atoms with E-state index in [0.29, 0.717) is 58.4 Å². The van der Waals surface area contributed by atoms with Crippen molar-refractivity contribution in [1.29, 1.82) is 0 Å². The molecule has 4 aromatic carbocycles. The van der Waals surface area contributed by atoms with Crippen LogP contribution in [0.3, 0.4) is 0 Å². The first-order valence-electron chi connectivity index (χ1n) is 20.7. The lowest BCUT2D eigenvalue weighted by molar-refractivity contribution is -0.126. The normalized spacial score (nSPS) is 16.0. The zero-order valence-corrected chi connectivity index (χ0v) is 36.9. The molecule has 8 rings (SSSR count). The van der Waals surface area contributed by atoms with Crippen molar-refractivity contribution in [1.82, 2.24) is 20.2 Å². The van der Waals surface area contributed by atoms with Gasteiger partial charge in [-0.25, -0.2) is 4.98 Å². The number of carbonyl (C=O) groups excluding carboxylic acids is 2. The van der Waals surface area contributed by atoms with Crippen molar-refractivity contribution in [2.24, 2.45) is 0 Å². The van der Waals surface area contributed by atoms with Crippen LogP contribution in [-0.4, -0.2) is 45.4 Å². The number of oxazole rings is 1.